The average molecular weight is 726 g/mol. The zero-order valence-corrected chi connectivity index (χ0v) is 31.0. The third kappa shape index (κ3) is 4.86. The summed E-state index contributed by atoms with van der Waals surface area (Å²) in [6, 6.07) is 77.4. The number of hydrogen-bond acceptors (Lipinski definition) is 0. The number of benzene rings is 9. The molecule has 0 unspecified atom stereocenters. The minimum absolute atomic E-state index is 1.14. The van der Waals surface area contributed by atoms with Crippen molar-refractivity contribution in [1.82, 2.24) is 13.7 Å². The highest BCUT2D eigenvalue weighted by atomic mass is 15.0. The van der Waals surface area contributed by atoms with E-state index in [0.29, 0.717) is 0 Å². The molecule has 0 aliphatic heterocycles. The molecule has 0 fully saturated rings. The van der Waals surface area contributed by atoms with Crippen LogP contribution in [0.4, 0.5) is 0 Å². The molecule has 0 bridgehead atoms. The van der Waals surface area contributed by atoms with Crippen LogP contribution in [0.5, 0.6) is 0 Å². The van der Waals surface area contributed by atoms with Crippen molar-refractivity contribution in [3.05, 3.63) is 212 Å². The third-order valence-electron chi connectivity index (χ3n) is 11.8. The van der Waals surface area contributed by atoms with Crippen molar-refractivity contribution in [2.45, 2.75) is 0 Å². The largest absolute Gasteiger partial charge is 0.309 e. The van der Waals surface area contributed by atoms with E-state index in [1.54, 1.807) is 0 Å². The van der Waals surface area contributed by atoms with Gasteiger partial charge in [-0.1, -0.05) is 133 Å². The quantitative estimate of drug-likeness (QED) is 0.168. The lowest BCUT2D eigenvalue weighted by molar-refractivity contribution is 1.17. The minimum Gasteiger partial charge on any atom is -0.309 e. The number of fused-ring (bicyclic) bond motifs is 9. The van der Waals surface area contributed by atoms with Gasteiger partial charge in [-0.15, -0.1) is 0 Å². The maximum atomic E-state index is 2.44. The number of para-hydroxylation sites is 4. The highest BCUT2D eigenvalue weighted by Gasteiger charge is 2.19. The summed E-state index contributed by atoms with van der Waals surface area (Å²) in [7, 11) is 0. The molecule has 0 radical (unpaired) electrons. The molecule has 0 spiro atoms. The first kappa shape index (κ1) is 31.7. The lowest BCUT2D eigenvalue weighted by Gasteiger charge is -2.11. The topological polar surface area (TPSA) is 14.8 Å². The molecule has 3 nitrogen and oxygen atoms in total. The van der Waals surface area contributed by atoms with Crippen molar-refractivity contribution in [1.29, 1.82) is 0 Å². The molecule has 3 heteroatoms. The summed E-state index contributed by atoms with van der Waals surface area (Å²) in [5.74, 6) is 0. The number of aromatic nitrogens is 3. The molecule has 266 valence electrons. The van der Waals surface area contributed by atoms with Crippen molar-refractivity contribution >= 4 is 65.4 Å². The van der Waals surface area contributed by atoms with Crippen LogP contribution in [-0.2, 0) is 0 Å². The van der Waals surface area contributed by atoms with Gasteiger partial charge in [0.1, 0.15) is 0 Å². The van der Waals surface area contributed by atoms with Gasteiger partial charge in [-0.2, -0.15) is 0 Å². The monoisotopic (exact) mass is 725 g/mol. The molecule has 0 aliphatic rings. The summed E-state index contributed by atoms with van der Waals surface area (Å²) >= 11 is 0. The second kappa shape index (κ2) is 12.5. The van der Waals surface area contributed by atoms with E-state index >= 15 is 0 Å². The number of hydrogen-bond donors (Lipinski definition) is 0. The van der Waals surface area contributed by atoms with Gasteiger partial charge < -0.3 is 13.7 Å². The van der Waals surface area contributed by atoms with Crippen LogP contribution in [0.15, 0.2) is 212 Å². The van der Waals surface area contributed by atoms with Gasteiger partial charge >= 0.3 is 0 Å². The maximum Gasteiger partial charge on any atom is 0.0548 e. The van der Waals surface area contributed by atoms with Crippen molar-refractivity contribution < 1.29 is 0 Å². The average Bonchev–Trinajstić information content (AvgIpc) is 3.91. The van der Waals surface area contributed by atoms with E-state index in [9.17, 15) is 0 Å². The summed E-state index contributed by atoms with van der Waals surface area (Å²) in [4.78, 5) is 0. The lowest BCUT2D eigenvalue weighted by Crippen LogP contribution is -1.95. The second-order valence-corrected chi connectivity index (χ2v) is 15.0. The van der Waals surface area contributed by atoms with Crippen LogP contribution < -0.4 is 0 Å². The van der Waals surface area contributed by atoms with Gasteiger partial charge in [-0.3, -0.25) is 0 Å². The lowest BCUT2D eigenvalue weighted by atomic mass is 10.0. The van der Waals surface area contributed by atoms with Gasteiger partial charge in [-0.25, -0.2) is 0 Å². The van der Waals surface area contributed by atoms with E-state index in [1.165, 1.54) is 93.4 Å². The SMILES string of the molecule is c1ccc(-c2cccc(-n3c4ccccc4c4cc5c(cc43)c3ccccc3n5-c3ccc(-c4ccc5c(c4)c4ccccc4n5-c4ccccc4)cc3)c2)cc1. The highest BCUT2D eigenvalue weighted by Crippen LogP contribution is 2.41. The van der Waals surface area contributed by atoms with Gasteiger partial charge in [0.15, 0.2) is 0 Å². The number of rotatable bonds is 5. The van der Waals surface area contributed by atoms with Gasteiger partial charge in [0.05, 0.1) is 33.1 Å². The fourth-order valence-electron chi connectivity index (χ4n) is 9.25. The highest BCUT2D eigenvalue weighted by molar-refractivity contribution is 6.19. The van der Waals surface area contributed by atoms with Crippen LogP contribution in [0.1, 0.15) is 0 Å². The summed E-state index contributed by atoms with van der Waals surface area (Å²) in [6.07, 6.45) is 0. The van der Waals surface area contributed by atoms with Crippen LogP contribution in [-0.4, -0.2) is 13.7 Å². The molecular formula is C54H35N3. The normalized spacial score (nSPS) is 11.9. The molecule has 0 N–H and O–H groups in total. The Balaban J connectivity index is 1.01. The van der Waals surface area contributed by atoms with Crippen LogP contribution >= 0.6 is 0 Å². The Kier molecular flexibility index (Phi) is 6.93. The Morgan fingerprint density at radius 1 is 0.193 bits per heavy atom. The summed E-state index contributed by atoms with van der Waals surface area (Å²) in [6.45, 7) is 0. The molecule has 12 rings (SSSR count). The zero-order chi connectivity index (χ0) is 37.5. The summed E-state index contributed by atoms with van der Waals surface area (Å²) in [5.41, 5.74) is 15.5. The Morgan fingerprint density at radius 3 is 1.19 bits per heavy atom. The van der Waals surface area contributed by atoms with E-state index in [0.717, 1.165) is 11.4 Å². The van der Waals surface area contributed by atoms with Crippen LogP contribution in [0.2, 0.25) is 0 Å². The van der Waals surface area contributed by atoms with E-state index in [-0.39, 0.29) is 0 Å². The molecular weight excluding hydrogens is 691 g/mol. The van der Waals surface area contributed by atoms with E-state index in [2.05, 4.69) is 226 Å². The molecule has 3 heterocycles. The smallest absolute Gasteiger partial charge is 0.0548 e. The molecule has 3 aromatic heterocycles. The second-order valence-electron chi connectivity index (χ2n) is 15.0. The fourth-order valence-corrected chi connectivity index (χ4v) is 9.25. The predicted molar refractivity (Wildman–Crippen MR) is 240 cm³/mol. The summed E-state index contributed by atoms with van der Waals surface area (Å²) < 4.78 is 7.24. The van der Waals surface area contributed by atoms with Crippen LogP contribution in [0, 0.1) is 0 Å². The molecule has 9 aromatic carbocycles. The summed E-state index contributed by atoms with van der Waals surface area (Å²) in [5, 5.41) is 7.49. The third-order valence-corrected chi connectivity index (χ3v) is 11.8. The Bertz CT molecular complexity index is 3490. The van der Waals surface area contributed by atoms with E-state index < -0.39 is 0 Å². The van der Waals surface area contributed by atoms with Crippen molar-refractivity contribution in [2.24, 2.45) is 0 Å². The molecule has 0 atom stereocenters. The molecule has 0 amide bonds. The molecule has 0 aliphatic carbocycles. The first-order valence-corrected chi connectivity index (χ1v) is 19.6. The van der Waals surface area contributed by atoms with Gasteiger partial charge in [-0.05, 0) is 101 Å². The fraction of sp³-hybridized carbons (Fsp3) is 0. The predicted octanol–water partition coefficient (Wildman–Crippen LogP) is 14.3. The van der Waals surface area contributed by atoms with Gasteiger partial charge in [0.2, 0.25) is 0 Å². The first-order chi connectivity index (χ1) is 28.3. The molecule has 0 saturated heterocycles. The standard InChI is InChI=1S/C54H35N3/c1-3-14-36(15-4-1)38-16-13-19-42(32-38)57-51-25-12-9-22-45(51)48-34-53-47(35-54(48)57)44-21-8-11-24-50(44)56(53)41-29-26-37(27-30-41)39-28-31-52-46(33-39)43-20-7-10-23-49(43)55(52)40-17-5-2-6-18-40/h1-35H. The minimum atomic E-state index is 1.14. The Morgan fingerprint density at radius 2 is 0.579 bits per heavy atom. The molecule has 12 aromatic rings. The van der Waals surface area contributed by atoms with Crippen molar-refractivity contribution in [3.63, 3.8) is 0 Å². The number of nitrogens with zero attached hydrogens (tertiary/aromatic N) is 3. The Labute approximate surface area is 329 Å². The first-order valence-electron chi connectivity index (χ1n) is 19.6. The van der Waals surface area contributed by atoms with E-state index in [1.807, 2.05) is 0 Å². The van der Waals surface area contributed by atoms with Crippen LogP contribution in [0.25, 0.3) is 105 Å². The molecule has 57 heavy (non-hydrogen) atoms. The van der Waals surface area contributed by atoms with E-state index in [4.69, 9.17) is 0 Å². The maximum absolute atomic E-state index is 2.44. The van der Waals surface area contributed by atoms with Crippen molar-refractivity contribution in [2.75, 3.05) is 0 Å². The van der Waals surface area contributed by atoms with Crippen LogP contribution in [0.3, 0.4) is 0 Å². The van der Waals surface area contributed by atoms with Crippen molar-refractivity contribution in [3.8, 4) is 39.3 Å². The van der Waals surface area contributed by atoms with Gasteiger partial charge in [0, 0.05) is 49.4 Å². The Hall–Kier alpha value is -7.62. The van der Waals surface area contributed by atoms with Gasteiger partial charge in [0.25, 0.3) is 0 Å². The molecule has 0 saturated carbocycles. The zero-order valence-electron chi connectivity index (χ0n) is 31.0.